The molecule has 0 bridgehead atoms. The van der Waals surface area contributed by atoms with E-state index in [2.05, 4.69) is 10.2 Å². The van der Waals surface area contributed by atoms with Gasteiger partial charge in [-0.1, -0.05) is 12.1 Å². The van der Waals surface area contributed by atoms with Gasteiger partial charge in [0, 0.05) is 26.3 Å². The molecule has 1 N–H and O–H groups in total. The number of benzene rings is 1. The maximum atomic E-state index is 5.70. The molecule has 0 unspecified atom stereocenters. The molecule has 0 amide bonds. The van der Waals surface area contributed by atoms with Crippen LogP contribution in [0, 0.1) is 0 Å². The summed E-state index contributed by atoms with van der Waals surface area (Å²) in [7, 11) is 1.66. The van der Waals surface area contributed by atoms with E-state index in [0.29, 0.717) is 6.61 Å². The highest BCUT2D eigenvalue weighted by Gasteiger charge is 2.10. The van der Waals surface area contributed by atoms with E-state index in [1.165, 1.54) is 0 Å². The largest absolute Gasteiger partial charge is 0.493 e. The molecule has 0 aliphatic carbocycles. The summed E-state index contributed by atoms with van der Waals surface area (Å²) in [6.45, 7) is 4.80. The van der Waals surface area contributed by atoms with Gasteiger partial charge in [-0.05, 0) is 12.1 Å². The van der Waals surface area contributed by atoms with Gasteiger partial charge in [0.15, 0.2) is 11.5 Å². The molecule has 1 aromatic rings. The molecule has 1 aliphatic heterocycles. The molecule has 4 heteroatoms. The zero-order valence-corrected chi connectivity index (χ0v) is 9.61. The molecule has 0 atom stereocenters. The van der Waals surface area contributed by atoms with Crippen LogP contribution in [0.25, 0.3) is 0 Å². The third-order valence-electron chi connectivity index (χ3n) is 2.67. The smallest absolute Gasteiger partial charge is 0.161 e. The molecular weight excluding hydrogens is 204 g/mol. The first-order valence-electron chi connectivity index (χ1n) is 5.59. The predicted octanol–water partition coefficient (Wildman–Crippen LogP) is 0.937. The van der Waals surface area contributed by atoms with E-state index in [1.807, 2.05) is 24.3 Å². The number of rotatable bonds is 5. The quantitative estimate of drug-likeness (QED) is 0.804. The third kappa shape index (κ3) is 2.87. The molecule has 1 aliphatic rings. The Balaban J connectivity index is 1.79. The molecule has 0 saturated carbocycles. The highest BCUT2D eigenvalue weighted by atomic mass is 16.5. The Labute approximate surface area is 96.2 Å². The van der Waals surface area contributed by atoms with Crippen molar-refractivity contribution in [1.82, 2.24) is 10.2 Å². The molecule has 88 valence electrons. The van der Waals surface area contributed by atoms with Crippen molar-refractivity contribution in [3.63, 3.8) is 0 Å². The molecule has 2 rings (SSSR count). The van der Waals surface area contributed by atoms with Gasteiger partial charge in [-0.3, -0.25) is 4.90 Å². The van der Waals surface area contributed by atoms with Gasteiger partial charge in [-0.2, -0.15) is 0 Å². The predicted molar refractivity (Wildman–Crippen MR) is 62.9 cm³/mol. The minimum Gasteiger partial charge on any atom is -0.493 e. The summed E-state index contributed by atoms with van der Waals surface area (Å²) in [5.74, 6) is 1.61. The van der Waals surface area contributed by atoms with Gasteiger partial charge in [0.05, 0.1) is 7.11 Å². The lowest BCUT2D eigenvalue weighted by atomic mass is 10.3. The normalized spacial score (nSPS) is 16.3. The number of nitrogens with zero attached hydrogens (tertiary/aromatic N) is 1. The summed E-state index contributed by atoms with van der Waals surface area (Å²) in [5.41, 5.74) is 0. The van der Waals surface area contributed by atoms with Gasteiger partial charge >= 0.3 is 0 Å². The van der Waals surface area contributed by atoms with Crippen molar-refractivity contribution in [3.8, 4) is 11.5 Å². The van der Waals surface area contributed by atoms with Crippen molar-refractivity contribution in [1.29, 1.82) is 0 Å². The van der Waals surface area contributed by atoms with Gasteiger partial charge in [-0.25, -0.2) is 0 Å². The number of hydrogen-bond donors (Lipinski definition) is 1. The number of nitrogens with one attached hydrogen (secondary N) is 1. The second-order valence-corrected chi connectivity index (χ2v) is 3.78. The van der Waals surface area contributed by atoms with Crippen molar-refractivity contribution >= 4 is 0 Å². The Bertz CT molecular complexity index is 325. The summed E-state index contributed by atoms with van der Waals surface area (Å²) in [6, 6.07) is 7.74. The van der Waals surface area contributed by atoms with Crippen LogP contribution in [0.5, 0.6) is 11.5 Å². The van der Waals surface area contributed by atoms with Crippen LogP contribution >= 0.6 is 0 Å². The summed E-state index contributed by atoms with van der Waals surface area (Å²) in [4.78, 5) is 2.33. The number of para-hydroxylation sites is 2. The van der Waals surface area contributed by atoms with Crippen molar-refractivity contribution in [2.24, 2.45) is 0 Å². The van der Waals surface area contributed by atoms with E-state index < -0.39 is 0 Å². The summed E-state index contributed by atoms with van der Waals surface area (Å²) >= 11 is 0. The monoisotopic (exact) mass is 222 g/mol. The molecule has 1 heterocycles. The van der Waals surface area contributed by atoms with Crippen LogP contribution in [-0.4, -0.2) is 44.9 Å². The first-order chi connectivity index (χ1) is 7.90. The van der Waals surface area contributed by atoms with E-state index in [-0.39, 0.29) is 0 Å². The van der Waals surface area contributed by atoms with Crippen LogP contribution in [0.3, 0.4) is 0 Å². The van der Waals surface area contributed by atoms with Crippen LogP contribution in [-0.2, 0) is 0 Å². The van der Waals surface area contributed by atoms with Crippen LogP contribution in [0.1, 0.15) is 0 Å². The standard InChI is InChI=1S/C12H18N2O2/c1-15-11-4-2-3-5-12(11)16-9-8-14-7-6-13-10-14/h2-5,13H,6-10H2,1H3. The van der Waals surface area contributed by atoms with Gasteiger partial charge in [0.2, 0.25) is 0 Å². The summed E-state index contributed by atoms with van der Waals surface area (Å²) in [5, 5.41) is 3.29. The van der Waals surface area contributed by atoms with Gasteiger partial charge in [0.25, 0.3) is 0 Å². The van der Waals surface area contributed by atoms with Crippen LogP contribution in [0.15, 0.2) is 24.3 Å². The van der Waals surface area contributed by atoms with Gasteiger partial charge in [0.1, 0.15) is 6.61 Å². The lowest BCUT2D eigenvalue weighted by Crippen LogP contribution is -2.27. The number of hydrogen-bond acceptors (Lipinski definition) is 4. The number of methoxy groups -OCH3 is 1. The van der Waals surface area contributed by atoms with Crippen molar-refractivity contribution in [2.45, 2.75) is 0 Å². The van der Waals surface area contributed by atoms with Crippen molar-refractivity contribution in [2.75, 3.05) is 40.0 Å². The second-order valence-electron chi connectivity index (χ2n) is 3.78. The highest BCUT2D eigenvalue weighted by molar-refractivity contribution is 5.39. The fourth-order valence-corrected chi connectivity index (χ4v) is 1.77. The van der Waals surface area contributed by atoms with E-state index in [0.717, 1.165) is 37.8 Å². The molecule has 0 aromatic heterocycles. The zero-order valence-electron chi connectivity index (χ0n) is 9.61. The first-order valence-corrected chi connectivity index (χ1v) is 5.59. The number of ether oxygens (including phenoxy) is 2. The van der Waals surface area contributed by atoms with E-state index in [4.69, 9.17) is 9.47 Å². The van der Waals surface area contributed by atoms with Crippen molar-refractivity contribution in [3.05, 3.63) is 24.3 Å². The topological polar surface area (TPSA) is 33.7 Å². The fourth-order valence-electron chi connectivity index (χ4n) is 1.77. The molecule has 1 saturated heterocycles. The second kappa shape index (κ2) is 5.72. The first kappa shape index (κ1) is 11.2. The molecule has 16 heavy (non-hydrogen) atoms. The SMILES string of the molecule is COc1ccccc1OCCN1CCNC1. The summed E-state index contributed by atoms with van der Waals surface area (Å²) in [6.07, 6.45) is 0. The zero-order chi connectivity index (χ0) is 11.2. The van der Waals surface area contributed by atoms with E-state index in [9.17, 15) is 0 Å². The minimum atomic E-state index is 0.696. The Hall–Kier alpha value is -1.26. The average molecular weight is 222 g/mol. The van der Waals surface area contributed by atoms with E-state index in [1.54, 1.807) is 7.11 Å². The minimum absolute atomic E-state index is 0.696. The molecule has 1 fully saturated rings. The average Bonchev–Trinajstić information content (AvgIpc) is 2.83. The molecule has 1 aromatic carbocycles. The molecule has 0 radical (unpaired) electrons. The van der Waals surface area contributed by atoms with Gasteiger partial charge in [-0.15, -0.1) is 0 Å². The third-order valence-corrected chi connectivity index (χ3v) is 2.67. The molecule has 4 nitrogen and oxygen atoms in total. The summed E-state index contributed by atoms with van der Waals surface area (Å²) < 4.78 is 10.9. The van der Waals surface area contributed by atoms with Crippen molar-refractivity contribution < 1.29 is 9.47 Å². The maximum Gasteiger partial charge on any atom is 0.161 e. The highest BCUT2D eigenvalue weighted by Crippen LogP contribution is 2.25. The van der Waals surface area contributed by atoms with Crippen LogP contribution < -0.4 is 14.8 Å². The van der Waals surface area contributed by atoms with Crippen LogP contribution in [0.4, 0.5) is 0 Å². The fraction of sp³-hybridized carbons (Fsp3) is 0.500. The molecular formula is C12H18N2O2. The van der Waals surface area contributed by atoms with Gasteiger partial charge < -0.3 is 14.8 Å². The Morgan fingerprint density at radius 2 is 2.12 bits per heavy atom. The van der Waals surface area contributed by atoms with E-state index >= 15 is 0 Å². The Morgan fingerprint density at radius 1 is 1.31 bits per heavy atom. The Morgan fingerprint density at radius 3 is 2.81 bits per heavy atom. The Kier molecular flexibility index (Phi) is 4.02. The maximum absolute atomic E-state index is 5.70. The lowest BCUT2D eigenvalue weighted by molar-refractivity contribution is 0.229. The van der Waals surface area contributed by atoms with Crippen LogP contribution in [0.2, 0.25) is 0 Å². The lowest BCUT2D eigenvalue weighted by Gasteiger charge is -2.15. The molecule has 0 spiro atoms.